The molecular formula is C43H55Cl2N11O2S2. The van der Waals surface area contributed by atoms with E-state index in [-0.39, 0.29) is 6.04 Å². The Hall–Kier alpha value is -3.76. The van der Waals surface area contributed by atoms with Gasteiger partial charge in [0.1, 0.15) is 9.79 Å². The van der Waals surface area contributed by atoms with Crippen molar-refractivity contribution in [3.05, 3.63) is 70.0 Å². The van der Waals surface area contributed by atoms with Crippen LogP contribution < -0.4 is 35.1 Å². The van der Waals surface area contributed by atoms with Crippen molar-refractivity contribution in [2.75, 3.05) is 113 Å². The number of aryl methyl sites for hydroxylation is 2. The van der Waals surface area contributed by atoms with Crippen LogP contribution in [0.25, 0.3) is 0 Å². The first kappa shape index (κ1) is 41.6. The molecule has 2 aromatic carbocycles. The number of nitrogens with two attached hydrogens (primary N) is 1. The van der Waals surface area contributed by atoms with Crippen molar-refractivity contribution in [2.45, 2.75) is 73.7 Å². The molecule has 10 rings (SSSR count). The first-order chi connectivity index (χ1) is 29.3. The van der Waals surface area contributed by atoms with Gasteiger partial charge < -0.3 is 35.1 Å². The predicted octanol–water partition coefficient (Wildman–Crippen LogP) is 5.55. The van der Waals surface area contributed by atoms with Crippen LogP contribution in [0.4, 0.5) is 34.9 Å². The summed E-state index contributed by atoms with van der Waals surface area (Å²) in [6.07, 6.45) is 7.19. The fraction of sp³-hybridized carbons (Fsp3) is 0.535. The van der Waals surface area contributed by atoms with Crippen LogP contribution in [-0.4, -0.2) is 124 Å². The van der Waals surface area contributed by atoms with Gasteiger partial charge in [-0.1, -0.05) is 30.1 Å². The lowest BCUT2D eigenvalue weighted by molar-refractivity contribution is 0.621. The van der Waals surface area contributed by atoms with E-state index in [4.69, 9.17) is 48.9 Å². The summed E-state index contributed by atoms with van der Waals surface area (Å²) >= 11 is 12.1. The quantitative estimate of drug-likeness (QED) is 0.238. The number of rotatable bonds is 8. The highest BCUT2D eigenvalue weighted by molar-refractivity contribution is 7.85. The Morgan fingerprint density at radius 2 is 0.983 bits per heavy atom. The van der Waals surface area contributed by atoms with Crippen molar-refractivity contribution in [3.8, 4) is 0 Å². The van der Waals surface area contributed by atoms with Gasteiger partial charge in [-0.2, -0.15) is 9.97 Å². The zero-order valence-corrected chi connectivity index (χ0v) is 37.5. The molecule has 4 aromatic rings. The molecule has 6 aliphatic heterocycles. The average Bonchev–Trinajstić information content (AvgIpc) is 4.12. The van der Waals surface area contributed by atoms with E-state index in [2.05, 4.69) is 60.6 Å². The van der Waals surface area contributed by atoms with Gasteiger partial charge in [-0.3, -0.25) is 8.42 Å². The van der Waals surface area contributed by atoms with Crippen LogP contribution in [0.3, 0.4) is 0 Å². The summed E-state index contributed by atoms with van der Waals surface area (Å²) < 4.78 is 25.4. The lowest BCUT2D eigenvalue weighted by Gasteiger charge is -2.36. The first-order valence-electron chi connectivity index (χ1n) is 21.6. The Morgan fingerprint density at radius 3 is 1.40 bits per heavy atom. The van der Waals surface area contributed by atoms with Crippen LogP contribution in [0.2, 0.25) is 10.0 Å². The van der Waals surface area contributed by atoms with Crippen molar-refractivity contribution >= 4 is 79.7 Å². The summed E-state index contributed by atoms with van der Waals surface area (Å²) in [5.74, 6) is 4.69. The van der Waals surface area contributed by atoms with E-state index in [1.165, 1.54) is 24.2 Å². The van der Waals surface area contributed by atoms with Crippen LogP contribution in [0, 0.1) is 0 Å². The monoisotopic (exact) mass is 891 g/mol. The van der Waals surface area contributed by atoms with E-state index in [0.717, 1.165) is 152 Å². The molecule has 0 amide bonds. The predicted molar refractivity (Wildman–Crippen MR) is 246 cm³/mol. The number of nitrogens with zero attached hydrogens (tertiary/aromatic N) is 10. The van der Waals surface area contributed by atoms with E-state index in [0.29, 0.717) is 24.1 Å². The van der Waals surface area contributed by atoms with Crippen molar-refractivity contribution in [1.29, 1.82) is 0 Å². The summed E-state index contributed by atoms with van der Waals surface area (Å²) in [7, 11) is -1.99. The average molecular weight is 893 g/mol. The Morgan fingerprint density at radius 1 is 0.583 bits per heavy atom. The number of piperazine rings is 2. The van der Waals surface area contributed by atoms with E-state index in [9.17, 15) is 8.42 Å². The normalized spacial score (nSPS) is 23.9. The van der Waals surface area contributed by atoms with E-state index < -0.39 is 21.6 Å². The first-order valence-corrected chi connectivity index (χ1v) is 25.0. The van der Waals surface area contributed by atoms with Crippen LogP contribution in [0.1, 0.15) is 50.4 Å². The topological polar surface area (TPSA) is 131 Å². The Balaban J connectivity index is 0.000000154. The van der Waals surface area contributed by atoms with Crippen LogP contribution in [0.5, 0.6) is 0 Å². The maximum Gasteiger partial charge on any atom is 0.227 e. The number of hydrogen-bond acceptors (Lipinski definition) is 13. The van der Waals surface area contributed by atoms with Crippen molar-refractivity contribution in [2.24, 2.45) is 5.73 Å². The molecule has 0 saturated carbocycles. The van der Waals surface area contributed by atoms with E-state index >= 15 is 0 Å². The van der Waals surface area contributed by atoms with Gasteiger partial charge in [-0.05, 0) is 80.6 Å². The van der Waals surface area contributed by atoms with Gasteiger partial charge in [0, 0.05) is 130 Å². The molecule has 320 valence electrons. The van der Waals surface area contributed by atoms with Gasteiger partial charge in [0.15, 0.2) is 11.6 Å². The fourth-order valence-electron chi connectivity index (χ4n) is 9.53. The molecule has 2 unspecified atom stereocenters. The molecule has 2 aromatic heterocycles. The summed E-state index contributed by atoms with van der Waals surface area (Å²) in [6.45, 7) is 11.9. The Labute approximate surface area is 368 Å². The second-order valence-electron chi connectivity index (χ2n) is 16.4. The third-order valence-corrected chi connectivity index (χ3v) is 16.3. The summed E-state index contributed by atoms with van der Waals surface area (Å²) in [5, 5.41) is 1.52. The van der Waals surface area contributed by atoms with Crippen LogP contribution >= 0.6 is 23.2 Å². The maximum atomic E-state index is 12.7. The number of anilines is 6. The summed E-state index contributed by atoms with van der Waals surface area (Å²) in [5.41, 5.74) is 10.4. The number of hydrogen-bond donors (Lipinski definition) is 1. The van der Waals surface area contributed by atoms with Crippen LogP contribution in [-0.2, 0) is 34.4 Å². The van der Waals surface area contributed by atoms with Gasteiger partial charge >= 0.3 is 0 Å². The second-order valence-corrected chi connectivity index (χ2v) is 20.3. The van der Waals surface area contributed by atoms with Gasteiger partial charge in [-0.25, -0.2) is 9.97 Å². The summed E-state index contributed by atoms with van der Waals surface area (Å²) in [6, 6.07) is 16.8. The molecule has 0 aliphatic carbocycles. The third kappa shape index (κ3) is 8.53. The largest absolute Gasteiger partial charge is 0.368 e. The molecule has 0 bridgehead atoms. The van der Waals surface area contributed by atoms with Crippen LogP contribution in [0.15, 0.2) is 58.3 Å². The molecule has 8 heterocycles. The number of halogens is 2. The molecule has 60 heavy (non-hydrogen) atoms. The highest BCUT2D eigenvalue weighted by Gasteiger charge is 2.36. The lowest BCUT2D eigenvalue weighted by atomic mass is 10.1. The molecular weight excluding hydrogens is 838 g/mol. The van der Waals surface area contributed by atoms with Gasteiger partial charge in [0.2, 0.25) is 11.9 Å². The highest BCUT2D eigenvalue weighted by Crippen LogP contribution is 2.38. The molecule has 6 aliphatic rings. The molecule has 0 spiro atoms. The molecule has 2 N–H and O–H groups in total. The minimum absolute atomic E-state index is 0.274. The van der Waals surface area contributed by atoms with Crippen molar-refractivity contribution in [3.63, 3.8) is 0 Å². The van der Waals surface area contributed by atoms with Gasteiger partial charge in [-0.15, -0.1) is 0 Å². The SMILES string of the molecule is CC[C@@H]1CCCN1c1nc(N2CCN(c3ccc(Cl)cc3)CC2)nc2c1S(=O)CC2.NC[C@@H]1CCCN1c1nc(N2CCN(c3ccc(Cl)cc3)CC2)nc2c1S(=O)CC2. The minimum Gasteiger partial charge on any atom is -0.368 e. The maximum absolute atomic E-state index is 12.7. The summed E-state index contributed by atoms with van der Waals surface area (Å²) in [4.78, 5) is 35.4. The van der Waals surface area contributed by atoms with Crippen molar-refractivity contribution in [1.82, 2.24) is 19.9 Å². The second kappa shape index (κ2) is 18.3. The van der Waals surface area contributed by atoms with E-state index in [1.807, 2.05) is 24.3 Å². The Kier molecular flexibility index (Phi) is 12.7. The Bertz CT molecular complexity index is 2050. The molecule has 13 nitrogen and oxygen atoms in total. The smallest absolute Gasteiger partial charge is 0.227 e. The molecule has 4 saturated heterocycles. The van der Waals surface area contributed by atoms with Gasteiger partial charge in [0.25, 0.3) is 0 Å². The molecule has 4 fully saturated rings. The molecule has 4 atom stereocenters. The minimum atomic E-state index is -1.01. The lowest BCUT2D eigenvalue weighted by Crippen LogP contribution is -2.47. The number of aromatic nitrogens is 4. The standard InChI is InChI=1S/C22H28ClN5OS.C21H27ClN6OS/c1-2-17-4-3-10-28(17)21-20-19(9-15-30(20)29)24-22(25-21)27-13-11-26(12-14-27)18-7-5-16(23)6-8-18;22-15-3-5-16(6-4-15)26-9-11-27(12-10-26)21-24-18-7-13-30(29)19(18)20(25-21)28-8-1-2-17(28)14-23/h5-8,17H,2-4,9-15H2,1H3;3-6,17H,1-2,7-14,23H2/t2*17-,30?/m10/s1. The van der Waals surface area contributed by atoms with Gasteiger partial charge in [0.05, 0.1) is 33.0 Å². The number of benzene rings is 2. The van der Waals surface area contributed by atoms with E-state index in [1.54, 1.807) is 0 Å². The zero-order valence-electron chi connectivity index (χ0n) is 34.4. The van der Waals surface area contributed by atoms with Crippen molar-refractivity contribution < 1.29 is 8.42 Å². The third-order valence-electron chi connectivity index (χ3n) is 12.9. The fourth-order valence-corrected chi connectivity index (χ4v) is 12.5. The highest BCUT2D eigenvalue weighted by atomic mass is 35.5. The molecule has 17 heteroatoms. The number of fused-ring (bicyclic) bond motifs is 2. The molecule has 0 radical (unpaired) electrons. The zero-order chi connectivity index (χ0) is 41.3.